The number of methoxy groups -OCH3 is 1. The van der Waals surface area contributed by atoms with E-state index in [-0.39, 0.29) is 11.5 Å². The molecule has 9 heteroatoms. The van der Waals surface area contributed by atoms with Crippen molar-refractivity contribution in [1.29, 1.82) is 0 Å². The van der Waals surface area contributed by atoms with Gasteiger partial charge in [0.25, 0.3) is 0 Å². The number of thioether (sulfide) groups is 1. The van der Waals surface area contributed by atoms with Gasteiger partial charge >= 0.3 is 5.97 Å². The molecule has 0 saturated heterocycles. The number of aryl methyl sites for hydroxylation is 1. The molecule has 0 aliphatic carbocycles. The zero-order valence-corrected chi connectivity index (χ0v) is 16.6. The number of carboxylic acids is 1. The number of aliphatic carboxylic acids is 1. The van der Waals surface area contributed by atoms with Crippen molar-refractivity contribution >= 4 is 45.9 Å². The van der Waals surface area contributed by atoms with Crippen LogP contribution >= 0.6 is 23.1 Å². The van der Waals surface area contributed by atoms with E-state index in [1.807, 2.05) is 0 Å². The van der Waals surface area contributed by atoms with Gasteiger partial charge in [-0.25, -0.2) is 15.0 Å². The summed E-state index contributed by atoms with van der Waals surface area (Å²) >= 11 is 2.50. The summed E-state index contributed by atoms with van der Waals surface area (Å²) in [5.74, 6) is -0.401. The topological polar surface area (TPSA) is 102 Å². The Hall–Kier alpha value is -2.52. The van der Waals surface area contributed by atoms with E-state index in [9.17, 15) is 9.59 Å². The highest BCUT2D eigenvalue weighted by Crippen LogP contribution is 2.29. The maximum Gasteiger partial charge on any atom is 0.311 e. The van der Waals surface area contributed by atoms with E-state index >= 15 is 0 Å². The van der Waals surface area contributed by atoms with Crippen molar-refractivity contribution in [1.82, 2.24) is 15.0 Å². The van der Waals surface area contributed by atoms with Crippen molar-refractivity contribution in [3.8, 4) is 5.88 Å². The molecular formula is C18H17N3O4S2. The maximum absolute atomic E-state index is 12.5. The Kier molecular flexibility index (Phi) is 5.71. The van der Waals surface area contributed by atoms with Crippen molar-refractivity contribution < 1.29 is 19.4 Å². The summed E-state index contributed by atoms with van der Waals surface area (Å²) in [5.41, 5.74) is 1.27. The number of Topliss-reactive ketones (excluding diaryl/α,β-unsaturated/α-hetero) is 1. The SMILES string of the molecule is COc1ccc2nc(C)nc(SCC(=O)c3ccc(C(C)C(=O)O)s3)c2n1. The third kappa shape index (κ3) is 4.25. The van der Waals surface area contributed by atoms with Gasteiger partial charge in [0.1, 0.15) is 16.4 Å². The largest absolute Gasteiger partial charge is 0.481 e. The zero-order chi connectivity index (χ0) is 19.6. The fourth-order valence-corrected chi connectivity index (χ4v) is 4.35. The third-order valence-corrected chi connectivity index (χ3v) is 6.12. The molecule has 1 N–H and O–H groups in total. The van der Waals surface area contributed by atoms with E-state index in [1.165, 1.54) is 30.2 Å². The van der Waals surface area contributed by atoms with Crippen LogP contribution in [-0.4, -0.2) is 44.7 Å². The lowest BCUT2D eigenvalue weighted by Gasteiger charge is -2.07. The van der Waals surface area contributed by atoms with Gasteiger partial charge in [-0.05, 0) is 32.0 Å². The lowest BCUT2D eigenvalue weighted by molar-refractivity contribution is -0.138. The molecule has 0 aliphatic heterocycles. The fourth-order valence-electron chi connectivity index (χ4n) is 2.36. The molecule has 0 aromatic carbocycles. The first-order valence-corrected chi connectivity index (χ1v) is 9.87. The number of thiophene rings is 1. The van der Waals surface area contributed by atoms with E-state index in [0.29, 0.717) is 37.5 Å². The van der Waals surface area contributed by atoms with Crippen LogP contribution in [0.4, 0.5) is 0 Å². The van der Waals surface area contributed by atoms with Gasteiger partial charge in [-0.1, -0.05) is 11.8 Å². The molecule has 0 amide bonds. The number of ketones is 1. The van der Waals surface area contributed by atoms with E-state index in [0.717, 1.165) is 0 Å². The molecule has 7 nitrogen and oxygen atoms in total. The van der Waals surface area contributed by atoms with Crippen LogP contribution in [0.3, 0.4) is 0 Å². The predicted molar refractivity (Wildman–Crippen MR) is 104 cm³/mol. The Morgan fingerprint density at radius 3 is 2.70 bits per heavy atom. The fraction of sp³-hybridized carbons (Fsp3) is 0.278. The lowest BCUT2D eigenvalue weighted by atomic mass is 10.1. The number of ether oxygens (including phenoxy) is 1. The first kappa shape index (κ1) is 19.2. The number of hydrogen-bond acceptors (Lipinski definition) is 8. The van der Waals surface area contributed by atoms with E-state index < -0.39 is 11.9 Å². The lowest BCUT2D eigenvalue weighted by Crippen LogP contribution is -2.05. The molecule has 3 aromatic heterocycles. The molecule has 0 radical (unpaired) electrons. The van der Waals surface area contributed by atoms with Gasteiger partial charge in [0.2, 0.25) is 5.88 Å². The smallest absolute Gasteiger partial charge is 0.311 e. The molecule has 0 aliphatic rings. The van der Waals surface area contributed by atoms with Crippen LogP contribution in [0.25, 0.3) is 11.0 Å². The minimum absolute atomic E-state index is 0.0823. The van der Waals surface area contributed by atoms with Crippen molar-refractivity contribution in [2.24, 2.45) is 0 Å². The van der Waals surface area contributed by atoms with Crippen molar-refractivity contribution in [2.75, 3.05) is 12.9 Å². The standard InChI is InChI=1S/C18H17N3O4S2/c1-9(18(23)24)13-5-6-14(27-13)12(22)8-26-17-16-11(19-10(2)20-17)4-7-15(21-16)25-3/h4-7,9H,8H2,1-3H3,(H,23,24). The number of rotatable bonds is 7. The Balaban J connectivity index is 1.80. The molecule has 0 spiro atoms. The average Bonchev–Trinajstić information content (AvgIpc) is 3.14. The summed E-state index contributed by atoms with van der Waals surface area (Å²) < 4.78 is 5.16. The third-order valence-electron chi connectivity index (χ3n) is 3.84. The first-order valence-electron chi connectivity index (χ1n) is 8.07. The van der Waals surface area contributed by atoms with Crippen molar-refractivity contribution in [2.45, 2.75) is 24.8 Å². The van der Waals surface area contributed by atoms with E-state index in [2.05, 4.69) is 15.0 Å². The monoisotopic (exact) mass is 403 g/mol. The summed E-state index contributed by atoms with van der Waals surface area (Å²) in [6.45, 7) is 3.39. The summed E-state index contributed by atoms with van der Waals surface area (Å²) in [4.78, 5) is 37.9. The second-order valence-corrected chi connectivity index (χ2v) is 7.85. The van der Waals surface area contributed by atoms with Gasteiger partial charge < -0.3 is 9.84 Å². The van der Waals surface area contributed by atoms with E-state index in [1.54, 1.807) is 38.1 Å². The molecule has 1 unspecified atom stereocenters. The number of fused-ring (bicyclic) bond motifs is 1. The number of carboxylic acid groups (broad SMARTS) is 1. The molecule has 1 atom stereocenters. The first-order chi connectivity index (χ1) is 12.9. The van der Waals surface area contributed by atoms with Crippen LogP contribution in [0, 0.1) is 6.92 Å². The second kappa shape index (κ2) is 8.01. The van der Waals surface area contributed by atoms with Crippen LogP contribution in [0.5, 0.6) is 5.88 Å². The highest BCUT2D eigenvalue weighted by Gasteiger charge is 2.19. The average molecular weight is 403 g/mol. The molecule has 0 bridgehead atoms. The summed E-state index contributed by atoms with van der Waals surface area (Å²) in [6.07, 6.45) is 0. The second-order valence-electron chi connectivity index (χ2n) is 5.77. The van der Waals surface area contributed by atoms with Gasteiger partial charge in [0, 0.05) is 10.9 Å². The molecule has 0 saturated carbocycles. The number of hydrogen-bond donors (Lipinski definition) is 1. The van der Waals surface area contributed by atoms with Crippen molar-refractivity contribution in [3.63, 3.8) is 0 Å². The van der Waals surface area contributed by atoms with Crippen LogP contribution in [0.2, 0.25) is 0 Å². The van der Waals surface area contributed by atoms with Crippen molar-refractivity contribution in [3.05, 3.63) is 39.8 Å². The van der Waals surface area contributed by atoms with Crippen LogP contribution in [0.15, 0.2) is 29.3 Å². The van der Waals surface area contributed by atoms with Crippen LogP contribution in [-0.2, 0) is 4.79 Å². The van der Waals surface area contributed by atoms with Gasteiger partial charge in [-0.15, -0.1) is 11.3 Å². The van der Waals surface area contributed by atoms with Crippen LogP contribution < -0.4 is 4.74 Å². The molecule has 3 heterocycles. The van der Waals surface area contributed by atoms with Crippen LogP contribution in [0.1, 0.15) is 33.2 Å². The molecule has 3 rings (SSSR count). The van der Waals surface area contributed by atoms with Gasteiger partial charge in [-0.3, -0.25) is 9.59 Å². The van der Waals surface area contributed by atoms with E-state index in [4.69, 9.17) is 9.84 Å². The quantitative estimate of drug-likeness (QED) is 0.363. The normalized spacial score (nSPS) is 12.1. The summed E-state index contributed by atoms with van der Waals surface area (Å²) in [7, 11) is 1.53. The predicted octanol–water partition coefficient (Wildman–Crippen LogP) is 3.57. The van der Waals surface area contributed by atoms with Gasteiger partial charge in [-0.2, -0.15) is 0 Å². The number of aromatic nitrogens is 3. The highest BCUT2D eigenvalue weighted by molar-refractivity contribution is 8.00. The highest BCUT2D eigenvalue weighted by atomic mass is 32.2. The Labute approximate surface area is 163 Å². The zero-order valence-electron chi connectivity index (χ0n) is 14.9. The number of pyridine rings is 1. The number of carbonyl (C=O) groups is 2. The molecular weight excluding hydrogens is 386 g/mol. The molecule has 0 fully saturated rings. The maximum atomic E-state index is 12.5. The Morgan fingerprint density at radius 1 is 1.22 bits per heavy atom. The molecule has 27 heavy (non-hydrogen) atoms. The molecule has 3 aromatic rings. The number of nitrogens with zero attached hydrogens (tertiary/aromatic N) is 3. The Morgan fingerprint density at radius 2 is 2.00 bits per heavy atom. The Bertz CT molecular complexity index is 1020. The minimum Gasteiger partial charge on any atom is -0.481 e. The minimum atomic E-state index is -0.909. The summed E-state index contributed by atoms with van der Waals surface area (Å²) in [5, 5.41) is 9.70. The number of carbonyl (C=O) groups excluding carboxylic acids is 1. The van der Waals surface area contributed by atoms with Gasteiger partial charge in [0.05, 0.1) is 29.2 Å². The summed E-state index contributed by atoms with van der Waals surface area (Å²) in [6, 6.07) is 6.90. The molecule has 140 valence electrons. The van der Waals surface area contributed by atoms with Gasteiger partial charge in [0.15, 0.2) is 5.78 Å².